The van der Waals surface area contributed by atoms with Gasteiger partial charge in [0.2, 0.25) is 0 Å². The third-order valence-corrected chi connectivity index (χ3v) is 6.23. The highest BCUT2D eigenvalue weighted by molar-refractivity contribution is 5.93. The van der Waals surface area contributed by atoms with Gasteiger partial charge in [-0.15, -0.1) is 0 Å². The van der Waals surface area contributed by atoms with Crippen LogP contribution in [-0.4, -0.2) is 59.8 Å². The normalized spacial score (nSPS) is 33.1. The Morgan fingerprint density at radius 3 is 2.57 bits per heavy atom. The van der Waals surface area contributed by atoms with Crippen molar-refractivity contribution in [3.05, 3.63) is 12.2 Å². The van der Waals surface area contributed by atoms with E-state index in [0.29, 0.717) is 6.54 Å². The van der Waals surface area contributed by atoms with Gasteiger partial charge in [0.1, 0.15) is 0 Å². The largest absolute Gasteiger partial charge is 0.303 e. The van der Waals surface area contributed by atoms with E-state index in [4.69, 9.17) is 0 Å². The lowest BCUT2D eigenvalue weighted by Crippen LogP contribution is -2.61. The van der Waals surface area contributed by atoms with Gasteiger partial charge >= 0.3 is 0 Å². The molecule has 1 fully saturated rings. The third kappa shape index (κ3) is 5.98. The van der Waals surface area contributed by atoms with Crippen molar-refractivity contribution in [1.82, 2.24) is 15.5 Å². The number of ketones is 2. The molecule has 160 valence electrons. The van der Waals surface area contributed by atoms with Crippen LogP contribution in [0.3, 0.4) is 0 Å². The van der Waals surface area contributed by atoms with Crippen molar-refractivity contribution in [1.29, 1.82) is 0 Å². The van der Waals surface area contributed by atoms with Crippen LogP contribution >= 0.6 is 0 Å². The summed E-state index contributed by atoms with van der Waals surface area (Å²) in [5.74, 6) is 0.360. The molecule has 2 bridgehead atoms. The van der Waals surface area contributed by atoms with Gasteiger partial charge in [0.15, 0.2) is 11.6 Å². The first-order valence-corrected chi connectivity index (χ1v) is 11.2. The fourth-order valence-corrected chi connectivity index (χ4v) is 4.66. The Morgan fingerprint density at radius 2 is 1.89 bits per heavy atom. The Hall–Kier alpha value is -1.04. The predicted octanol–water partition coefficient (Wildman–Crippen LogP) is 3.09. The summed E-state index contributed by atoms with van der Waals surface area (Å²) in [7, 11) is 0. The van der Waals surface area contributed by atoms with E-state index in [0.717, 1.165) is 51.6 Å². The van der Waals surface area contributed by atoms with E-state index in [-0.39, 0.29) is 30.1 Å². The lowest BCUT2D eigenvalue weighted by Gasteiger charge is -2.35. The second kappa shape index (κ2) is 10.1. The van der Waals surface area contributed by atoms with Gasteiger partial charge in [0.25, 0.3) is 0 Å². The zero-order valence-corrected chi connectivity index (χ0v) is 18.6. The van der Waals surface area contributed by atoms with Crippen LogP contribution in [0.15, 0.2) is 12.2 Å². The van der Waals surface area contributed by atoms with Gasteiger partial charge in [-0.05, 0) is 46.5 Å². The van der Waals surface area contributed by atoms with E-state index >= 15 is 0 Å². The summed E-state index contributed by atoms with van der Waals surface area (Å²) < 4.78 is 0. The molecule has 1 unspecified atom stereocenters. The molecule has 0 radical (unpaired) electrons. The molecular formula is C23H41N3O2. The highest BCUT2D eigenvalue weighted by Gasteiger charge is 2.45. The van der Waals surface area contributed by atoms with Crippen molar-refractivity contribution >= 4 is 11.6 Å². The zero-order valence-electron chi connectivity index (χ0n) is 18.6. The maximum absolute atomic E-state index is 13.3. The standard InChI is InChI=1S/C23H41N3O2/c1-18(2)21(28)23-13-15-26(17-23)14-11-9-7-6-8-10-12-22(5,25-19(3)4)20(27)16-24-23/h9,11,18-19,24-25H,6-8,10,12-17H2,1-5H3/t22-,23-/m0/s1. The van der Waals surface area contributed by atoms with Crippen molar-refractivity contribution in [2.45, 2.75) is 90.3 Å². The van der Waals surface area contributed by atoms with Crippen LogP contribution in [0, 0.1) is 5.92 Å². The number of Topliss-reactive ketones (excluding diaryl/α,β-unsaturated/α-hetero) is 2. The molecular weight excluding hydrogens is 350 g/mol. The van der Waals surface area contributed by atoms with Crippen molar-refractivity contribution in [2.24, 2.45) is 5.92 Å². The van der Waals surface area contributed by atoms with E-state index in [1.807, 2.05) is 20.8 Å². The number of allylic oxidation sites excluding steroid dienone is 1. The van der Waals surface area contributed by atoms with Crippen LogP contribution < -0.4 is 10.6 Å². The van der Waals surface area contributed by atoms with Crippen molar-refractivity contribution < 1.29 is 9.59 Å². The monoisotopic (exact) mass is 391 g/mol. The molecule has 5 nitrogen and oxygen atoms in total. The summed E-state index contributed by atoms with van der Waals surface area (Å²) in [6, 6.07) is 0.243. The lowest BCUT2D eigenvalue weighted by molar-refractivity contribution is -0.129. The number of fused-ring (bicyclic) bond motifs is 2. The van der Waals surface area contributed by atoms with Gasteiger partial charge in [0, 0.05) is 31.6 Å². The number of carbonyl (C=O) groups excluding carboxylic acids is 2. The topological polar surface area (TPSA) is 61.4 Å². The molecule has 2 aliphatic heterocycles. The highest BCUT2D eigenvalue weighted by Crippen LogP contribution is 2.26. The van der Waals surface area contributed by atoms with Crippen molar-refractivity contribution in [3.8, 4) is 0 Å². The second-order valence-corrected chi connectivity index (χ2v) is 9.56. The van der Waals surface area contributed by atoms with E-state index < -0.39 is 11.1 Å². The van der Waals surface area contributed by atoms with Crippen LogP contribution in [0.5, 0.6) is 0 Å². The number of hydrogen-bond donors (Lipinski definition) is 2. The average Bonchev–Trinajstić information content (AvgIpc) is 3.04. The van der Waals surface area contributed by atoms with E-state index in [1.54, 1.807) is 0 Å². The summed E-state index contributed by atoms with van der Waals surface area (Å²) in [4.78, 5) is 28.7. The molecule has 2 rings (SSSR count). The number of hydrogen-bond acceptors (Lipinski definition) is 5. The van der Waals surface area contributed by atoms with Crippen LogP contribution in [0.4, 0.5) is 0 Å². The fraction of sp³-hybridized carbons (Fsp3) is 0.826. The Balaban J connectivity index is 2.23. The lowest BCUT2D eigenvalue weighted by atomic mass is 9.84. The minimum absolute atomic E-state index is 0.0413. The van der Waals surface area contributed by atoms with Gasteiger partial charge in [-0.1, -0.05) is 38.8 Å². The van der Waals surface area contributed by atoms with Gasteiger partial charge < -0.3 is 5.32 Å². The maximum atomic E-state index is 13.3. The summed E-state index contributed by atoms with van der Waals surface area (Å²) in [5, 5.41) is 6.96. The molecule has 0 aromatic rings. The summed E-state index contributed by atoms with van der Waals surface area (Å²) in [6.45, 7) is 12.9. The van der Waals surface area contributed by atoms with Gasteiger partial charge in [-0.25, -0.2) is 0 Å². The molecule has 28 heavy (non-hydrogen) atoms. The smallest absolute Gasteiger partial charge is 0.166 e. The number of nitrogens with zero attached hydrogens (tertiary/aromatic N) is 1. The molecule has 1 saturated heterocycles. The molecule has 0 aromatic carbocycles. The number of carbonyl (C=O) groups is 2. The fourth-order valence-electron chi connectivity index (χ4n) is 4.66. The SMILES string of the molecule is CC(C)N[C@@]1(C)CCCCCC=CCN2CC[C@@](C(=O)C(C)C)(C2)NCC1=O. The second-order valence-electron chi connectivity index (χ2n) is 9.56. The van der Waals surface area contributed by atoms with Crippen LogP contribution in [0.1, 0.15) is 73.1 Å². The number of nitrogens with one attached hydrogen (secondary N) is 2. The molecule has 0 saturated carbocycles. The van der Waals surface area contributed by atoms with Crippen LogP contribution in [0.2, 0.25) is 0 Å². The van der Waals surface area contributed by atoms with E-state index in [1.165, 1.54) is 0 Å². The quantitative estimate of drug-likeness (QED) is 0.721. The third-order valence-electron chi connectivity index (χ3n) is 6.23. The minimum atomic E-state index is -0.601. The van der Waals surface area contributed by atoms with Gasteiger partial charge in [-0.2, -0.15) is 0 Å². The molecule has 2 aliphatic rings. The minimum Gasteiger partial charge on any atom is -0.303 e. The Bertz CT molecular complexity index is 572. The molecule has 0 amide bonds. The molecule has 0 spiro atoms. The zero-order chi connectivity index (χ0) is 20.8. The molecule has 3 atom stereocenters. The first-order chi connectivity index (χ1) is 13.2. The highest BCUT2D eigenvalue weighted by atomic mass is 16.1. The maximum Gasteiger partial charge on any atom is 0.166 e. The van der Waals surface area contributed by atoms with E-state index in [2.05, 4.69) is 41.5 Å². The first kappa shape index (κ1) is 23.2. The summed E-state index contributed by atoms with van der Waals surface area (Å²) in [6.07, 6.45) is 10.6. The summed E-state index contributed by atoms with van der Waals surface area (Å²) >= 11 is 0. The molecule has 0 aromatic heterocycles. The first-order valence-electron chi connectivity index (χ1n) is 11.2. The van der Waals surface area contributed by atoms with Gasteiger partial charge in [0.05, 0.1) is 17.6 Å². The van der Waals surface area contributed by atoms with Crippen LogP contribution in [0.25, 0.3) is 0 Å². The Kier molecular flexibility index (Phi) is 8.41. The molecule has 2 N–H and O–H groups in total. The van der Waals surface area contributed by atoms with Crippen LogP contribution in [-0.2, 0) is 9.59 Å². The van der Waals surface area contributed by atoms with Crippen molar-refractivity contribution in [2.75, 3.05) is 26.2 Å². The van der Waals surface area contributed by atoms with Crippen molar-refractivity contribution in [3.63, 3.8) is 0 Å². The predicted molar refractivity (Wildman–Crippen MR) is 116 cm³/mol. The van der Waals surface area contributed by atoms with E-state index in [9.17, 15) is 9.59 Å². The molecule has 5 heteroatoms. The van der Waals surface area contributed by atoms with Gasteiger partial charge in [-0.3, -0.25) is 19.8 Å². The molecule has 0 aliphatic carbocycles. The summed E-state index contributed by atoms with van der Waals surface area (Å²) in [5.41, 5.74) is -1.14. The average molecular weight is 392 g/mol. The Labute approximate surface area is 171 Å². The number of rotatable bonds is 4. The molecule has 2 heterocycles. The Morgan fingerprint density at radius 1 is 1.14 bits per heavy atom.